The molecule has 1 aliphatic carbocycles. The molecule has 0 bridgehead atoms. The van der Waals surface area contributed by atoms with E-state index >= 15 is 0 Å². The van der Waals surface area contributed by atoms with Crippen molar-refractivity contribution in [3.8, 4) is 11.5 Å². The number of nitrogens with one attached hydrogen (secondary N) is 2. The van der Waals surface area contributed by atoms with E-state index in [1.54, 1.807) is 62.3 Å². The minimum absolute atomic E-state index is 0.0344. The third-order valence-electron chi connectivity index (χ3n) is 13.6. The highest BCUT2D eigenvalue weighted by molar-refractivity contribution is 6.06. The van der Waals surface area contributed by atoms with Crippen molar-refractivity contribution in [3.63, 3.8) is 0 Å². The lowest BCUT2D eigenvalue weighted by Crippen LogP contribution is -2.54. The number of hydrogen-bond donors (Lipinski definition) is 2. The summed E-state index contributed by atoms with van der Waals surface area (Å²) >= 11 is 0. The Morgan fingerprint density at radius 3 is 1.49 bits per heavy atom. The molecule has 0 aromatic heterocycles. The van der Waals surface area contributed by atoms with Crippen LogP contribution in [0.3, 0.4) is 0 Å². The smallest absolute Gasteiger partial charge is 0.417 e. The number of ether oxygens (including phenoxy) is 6. The van der Waals surface area contributed by atoms with Crippen LogP contribution < -0.4 is 29.9 Å². The van der Waals surface area contributed by atoms with Gasteiger partial charge in [-0.3, -0.25) is 14.4 Å². The van der Waals surface area contributed by atoms with Crippen molar-refractivity contribution < 1.29 is 83.5 Å². The van der Waals surface area contributed by atoms with E-state index in [-0.39, 0.29) is 74.4 Å². The molecule has 4 aromatic carbocycles. The number of fused-ring (bicyclic) bond motifs is 2. The lowest BCUT2D eigenvalue weighted by atomic mass is 9.83. The van der Waals surface area contributed by atoms with Crippen molar-refractivity contribution in [2.45, 2.75) is 122 Å². The number of anilines is 2. The predicted molar refractivity (Wildman–Crippen MR) is 281 cm³/mol. The van der Waals surface area contributed by atoms with Crippen LogP contribution in [0.2, 0.25) is 0 Å². The predicted octanol–water partition coefficient (Wildman–Crippen LogP) is 10.5. The van der Waals surface area contributed by atoms with Gasteiger partial charge in [0.15, 0.2) is 11.2 Å². The van der Waals surface area contributed by atoms with Crippen LogP contribution in [0, 0.1) is 5.92 Å². The van der Waals surface area contributed by atoms with E-state index in [1.165, 1.54) is 32.6 Å². The average molecular weight is 1130 g/mol. The zero-order chi connectivity index (χ0) is 58.7. The number of hydrogen-bond acceptors (Lipinski definition) is 12. The van der Waals surface area contributed by atoms with Crippen LogP contribution in [-0.2, 0) is 54.1 Å². The number of carbonyl (C=O) groups is 6. The van der Waals surface area contributed by atoms with Gasteiger partial charge < -0.3 is 53.8 Å². The van der Waals surface area contributed by atoms with Crippen LogP contribution in [0.25, 0.3) is 0 Å². The molecule has 5 amide bonds. The standard InChI is InChI=1S/C34H44F3N3O6.C23H23F3N2O6/c1-22(2)40(25-13-11-23(12-14-25)15-18-44-5)30(41)26-19-28-29(20-27(26)34(35,36)37)46-33(3,4)31(42)39(28)17-16-38-32(43)45-21-24-9-7-6-8-10-24;1-22(2)20(30)28(10-9-27-21(31)33-13-14-7-5-4-6-8-14)17-11-15(19(29)32-3)16(23(24,25)26)12-18(17)34-22/h6-10,19-20,22-23,25H,11-18,21H2,1-5H3,(H,38,43);4-8,11-12H,9-10,13H2,1-3H3,(H,27,31). The maximum Gasteiger partial charge on any atom is 0.417 e. The van der Waals surface area contributed by atoms with E-state index in [1.807, 2.05) is 24.3 Å². The van der Waals surface area contributed by atoms with Crippen molar-refractivity contribution in [1.29, 1.82) is 0 Å². The van der Waals surface area contributed by atoms with E-state index in [0.717, 1.165) is 60.6 Å². The largest absolute Gasteiger partial charge is 0.476 e. The minimum atomic E-state index is -4.86. The highest BCUT2D eigenvalue weighted by Gasteiger charge is 2.47. The maximum atomic E-state index is 14.5. The molecule has 3 aliphatic rings. The molecule has 80 heavy (non-hydrogen) atoms. The van der Waals surface area contributed by atoms with Crippen molar-refractivity contribution in [2.24, 2.45) is 5.92 Å². The number of alkyl carbamates (subject to hydrolysis) is 2. The Kier molecular flexibility index (Phi) is 20.1. The van der Waals surface area contributed by atoms with Crippen LogP contribution in [0.1, 0.15) is 117 Å². The topological polar surface area (TPSA) is 192 Å². The van der Waals surface area contributed by atoms with Gasteiger partial charge in [-0.15, -0.1) is 0 Å². The zero-order valence-corrected chi connectivity index (χ0v) is 45.8. The number of alkyl halides is 6. The van der Waals surface area contributed by atoms with Gasteiger partial charge in [-0.25, -0.2) is 14.4 Å². The summed E-state index contributed by atoms with van der Waals surface area (Å²) in [5.41, 5.74) is -5.06. The molecule has 1 fully saturated rings. The molecule has 2 N–H and O–H groups in total. The van der Waals surface area contributed by atoms with Gasteiger partial charge in [0, 0.05) is 52.0 Å². The molecule has 434 valence electrons. The highest BCUT2D eigenvalue weighted by atomic mass is 19.4. The number of halogens is 6. The number of carbonyl (C=O) groups excluding carboxylic acids is 6. The van der Waals surface area contributed by atoms with Crippen molar-refractivity contribution in [1.82, 2.24) is 15.5 Å². The second kappa shape index (κ2) is 26.1. The Morgan fingerprint density at radius 1 is 0.662 bits per heavy atom. The lowest BCUT2D eigenvalue weighted by Gasteiger charge is -2.41. The first-order valence-electron chi connectivity index (χ1n) is 26.0. The van der Waals surface area contributed by atoms with E-state index in [4.69, 9.17) is 23.7 Å². The first kappa shape index (κ1) is 61.6. The van der Waals surface area contributed by atoms with Gasteiger partial charge in [0.2, 0.25) is 0 Å². The van der Waals surface area contributed by atoms with Crippen LogP contribution in [-0.4, -0.2) is 111 Å². The van der Waals surface area contributed by atoms with E-state index in [9.17, 15) is 55.1 Å². The molecule has 1 saturated carbocycles. The third kappa shape index (κ3) is 15.4. The highest BCUT2D eigenvalue weighted by Crippen LogP contribution is 2.46. The fourth-order valence-corrected chi connectivity index (χ4v) is 9.64. The number of methoxy groups -OCH3 is 2. The summed E-state index contributed by atoms with van der Waals surface area (Å²) in [6, 6.07) is 21.0. The van der Waals surface area contributed by atoms with E-state index < -0.39 is 81.7 Å². The zero-order valence-electron chi connectivity index (χ0n) is 45.8. The van der Waals surface area contributed by atoms with Gasteiger partial charge >= 0.3 is 30.5 Å². The molecule has 7 rings (SSSR count). The summed E-state index contributed by atoms with van der Waals surface area (Å²) in [6.45, 7) is 9.76. The lowest BCUT2D eigenvalue weighted by molar-refractivity contribution is -0.139. The normalized spacial score (nSPS) is 17.3. The first-order valence-corrected chi connectivity index (χ1v) is 26.0. The third-order valence-corrected chi connectivity index (χ3v) is 13.6. The number of amides is 5. The van der Waals surface area contributed by atoms with Gasteiger partial charge in [0.25, 0.3) is 17.7 Å². The average Bonchev–Trinajstić information content (AvgIpc) is 3.55. The second-order valence-corrected chi connectivity index (χ2v) is 20.6. The Balaban J connectivity index is 0.000000270. The van der Waals surface area contributed by atoms with Crippen LogP contribution >= 0.6 is 0 Å². The van der Waals surface area contributed by atoms with Gasteiger partial charge in [-0.1, -0.05) is 60.7 Å². The molecule has 0 atom stereocenters. The summed E-state index contributed by atoms with van der Waals surface area (Å²) in [7, 11) is 2.61. The molecule has 0 unspecified atom stereocenters. The summed E-state index contributed by atoms with van der Waals surface area (Å²) in [4.78, 5) is 80.8. The molecule has 17 nitrogen and oxygen atoms in total. The second-order valence-electron chi connectivity index (χ2n) is 20.6. The number of benzene rings is 4. The van der Waals surface area contributed by atoms with Crippen LogP contribution in [0.5, 0.6) is 11.5 Å². The Labute approximate surface area is 460 Å². The number of rotatable bonds is 17. The molecule has 0 spiro atoms. The molecular weight excluding hydrogens is 1060 g/mol. The molecular formula is C57H67F6N5O12. The van der Waals surface area contributed by atoms with E-state index in [2.05, 4.69) is 15.4 Å². The van der Waals surface area contributed by atoms with Crippen molar-refractivity contribution in [3.05, 3.63) is 118 Å². The van der Waals surface area contributed by atoms with Gasteiger partial charge in [0.1, 0.15) is 24.7 Å². The first-order chi connectivity index (χ1) is 37.7. The van der Waals surface area contributed by atoms with Gasteiger partial charge in [-0.2, -0.15) is 26.3 Å². The molecule has 0 radical (unpaired) electrons. The number of nitrogens with zero attached hydrogens (tertiary/aromatic N) is 3. The fourth-order valence-electron chi connectivity index (χ4n) is 9.64. The summed E-state index contributed by atoms with van der Waals surface area (Å²) in [6.07, 6.45) is -7.19. The minimum Gasteiger partial charge on any atom is -0.476 e. The van der Waals surface area contributed by atoms with Crippen molar-refractivity contribution in [2.75, 3.05) is 56.8 Å². The van der Waals surface area contributed by atoms with Gasteiger partial charge in [-0.05, 0) is 115 Å². The molecule has 23 heteroatoms. The quantitative estimate of drug-likeness (QED) is 0.0579. The maximum absolute atomic E-state index is 14.5. The SMILES string of the molecule is COC(=O)c1cc2c(cc1C(F)(F)F)OC(C)(C)C(=O)N2CCNC(=O)OCc1ccccc1.COCCC1CCC(N(C(=O)c2cc3c(cc2C(F)(F)F)OC(C)(C)C(=O)N3CCNC(=O)OCc2ccccc2)C(C)C)CC1. The van der Waals surface area contributed by atoms with Crippen molar-refractivity contribution >= 4 is 47.3 Å². The Morgan fingerprint density at radius 2 is 1.09 bits per heavy atom. The Bertz CT molecular complexity index is 2840. The van der Waals surface area contributed by atoms with Crippen LogP contribution in [0.15, 0.2) is 84.9 Å². The summed E-state index contributed by atoms with van der Waals surface area (Å²) < 4.78 is 116. The van der Waals surface area contributed by atoms with E-state index in [0.29, 0.717) is 31.4 Å². The van der Waals surface area contributed by atoms with Gasteiger partial charge in [0.05, 0.1) is 40.7 Å². The Hall–Kier alpha value is -7.56. The fraction of sp³-hybridized carbons (Fsp3) is 0.474. The summed E-state index contributed by atoms with van der Waals surface area (Å²) in [5, 5.41) is 5.08. The van der Waals surface area contributed by atoms with Crippen LogP contribution in [0.4, 0.5) is 47.3 Å². The molecule has 0 saturated heterocycles. The monoisotopic (exact) mass is 1130 g/mol. The molecule has 2 aliphatic heterocycles. The summed E-state index contributed by atoms with van der Waals surface area (Å²) in [5.74, 6) is -2.99. The number of esters is 1. The molecule has 2 heterocycles. The molecule has 4 aromatic rings.